The number of anilines is 1. The summed E-state index contributed by atoms with van der Waals surface area (Å²) in [6.07, 6.45) is 6.41. The van der Waals surface area contributed by atoms with E-state index in [1.807, 2.05) is 6.07 Å². The lowest BCUT2D eigenvalue weighted by atomic mass is 10.2. The van der Waals surface area contributed by atoms with Gasteiger partial charge in [-0.25, -0.2) is 19.6 Å². The van der Waals surface area contributed by atoms with Crippen molar-refractivity contribution in [2.24, 2.45) is 7.05 Å². The first-order valence-electron chi connectivity index (χ1n) is 8.90. The molecule has 0 unspecified atom stereocenters. The number of nitrogens with zero attached hydrogens (tertiary/aromatic N) is 6. The van der Waals surface area contributed by atoms with Gasteiger partial charge in [-0.1, -0.05) is 0 Å². The minimum Gasteiger partial charge on any atom is -0.380 e. The number of carbonyl (C=O) groups is 1. The molecule has 0 radical (unpaired) electrons. The van der Waals surface area contributed by atoms with Gasteiger partial charge in [0.25, 0.3) is 5.91 Å². The number of ether oxygens (including phenoxy) is 1. The van der Waals surface area contributed by atoms with E-state index in [0.29, 0.717) is 18.3 Å². The molecule has 1 saturated carbocycles. The van der Waals surface area contributed by atoms with E-state index < -0.39 is 0 Å². The number of aromatic nitrogens is 5. The molecule has 2 aromatic heterocycles. The van der Waals surface area contributed by atoms with Crippen LogP contribution >= 0.6 is 0 Å². The molecule has 4 rings (SSSR count). The molecule has 2 atom stereocenters. The third-order valence-corrected chi connectivity index (χ3v) is 4.99. The molecule has 0 aromatic carbocycles. The molecule has 9 heteroatoms. The molecule has 3 heterocycles. The van der Waals surface area contributed by atoms with Gasteiger partial charge in [0.2, 0.25) is 5.82 Å². The van der Waals surface area contributed by atoms with Gasteiger partial charge in [0.15, 0.2) is 5.82 Å². The molecule has 2 fully saturated rings. The van der Waals surface area contributed by atoms with Crippen LogP contribution in [0.25, 0.3) is 0 Å². The highest BCUT2D eigenvalue weighted by molar-refractivity contribution is 5.90. The van der Waals surface area contributed by atoms with Crippen LogP contribution in [-0.4, -0.2) is 63.0 Å². The molecule has 9 nitrogen and oxygen atoms in total. The lowest BCUT2D eigenvalue weighted by Gasteiger charge is -2.25. The fraction of sp³-hybridized carbons (Fsp3) is 0.588. The van der Waals surface area contributed by atoms with Crippen LogP contribution in [-0.2, 0) is 11.8 Å². The van der Waals surface area contributed by atoms with Crippen molar-refractivity contribution in [3.8, 4) is 0 Å². The van der Waals surface area contributed by atoms with Crippen LogP contribution in [0.5, 0.6) is 0 Å². The predicted octanol–water partition coefficient (Wildman–Crippen LogP) is 0.506. The van der Waals surface area contributed by atoms with Gasteiger partial charge >= 0.3 is 0 Å². The molecule has 2 aliphatic rings. The van der Waals surface area contributed by atoms with Crippen molar-refractivity contribution in [3.63, 3.8) is 0 Å². The van der Waals surface area contributed by atoms with Gasteiger partial charge in [-0.15, -0.1) is 0 Å². The zero-order valence-corrected chi connectivity index (χ0v) is 15.0. The number of amides is 1. The summed E-state index contributed by atoms with van der Waals surface area (Å²) < 4.78 is 7.08. The van der Waals surface area contributed by atoms with Crippen molar-refractivity contribution >= 4 is 11.7 Å². The molecular formula is C17H23N7O2. The molecule has 2 aromatic rings. The van der Waals surface area contributed by atoms with Crippen LogP contribution in [0.1, 0.15) is 41.6 Å². The van der Waals surface area contributed by atoms with E-state index in [1.54, 1.807) is 25.0 Å². The van der Waals surface area contributed by atoms with E-state index in [4.69, 9.17) is 4.74 Å². The minimum atomic E-state index is -0.199. The number of hydrogen-bond acceptors (Lipinski definition) is 7. The molecule has 26 heavy (non-hydrogen) atoms. The number of nitrogens with one attached hydrogen (secondary N) is 1. The molecule has 0 bridgehead atoms. The van der Waals surface area contributed by atoms with Gasteiger partial charge in [0.1, 0.15) is 12.1 Å². The first-order chi connectivity index (χ1) is 12.7. The quantitative estimate of drug-likeness (QED) is 0.804. The van der Waals surface area contributed by atoms with Crippen LogP contribution in [0.15, 0.2) is 18.6 Å². The highest BCUT2D eigenvalue weighted by Crippen LogP contribution is 2.38. The Bertz CT molecular complexity index is 775. The molecule has 1 amide bonds. The maximum atomic E-state index is 12.6. The summed E-state index contributed by atoms with van der Waals surface area (Å²) in [6.45, 7) is 1.23. The Balaban J connectivity index is 1.43. The first-order valence-corrected chi connectivity index (χ1v) is 8.90. The number of methoxy groups -OCH3 is 1. The van der Waals surface area contributed by atoms with Crippen LogP contribution in [0.4, 0.5) is 5.82 Å². The fourth-order valence-corrected chi connectivity index (χ4v) is 3.38. The van der Waals surface area contributed by atoms with Crippen molar-refractivity contribution in [2.45, 2.75) is 37.3 Å². The smallest absolute Gasteiger partial charge is 0.288 e. The Hall–Kier alpha value is -2.55. The molecule has 0 spiro atoms. The summed E-state index contributed by atoms with van der Waals surface area (Å²) in [7, 11) is 3.47. The second-order valence-corrected chi connectivity index (χ2v) is 6.87. The average molecular weight is 357 g/mol. The zero-order chi connectivity index (χ0) is 18.1. The van der Waals surface area contributed by atoms with Crippen molar-refractivity contribution in [1.29, 1.82) is 0 Å². The van der Waals surface area contributed by atoms with Crippen LogP contribution in [0, 0.1) is 0 Å². The summed E-state index contributed by atoms with van der Waals surface area (Å²) in [5.74, 6) is 2.21. The maximum absolute atomic E-state index is 12.6. The summed E-state index contributed by atoms with van der Waals surface area (Å²) in [4.78, 5) is 27.4. The highest BCUT2D eigenvalue weighted by atomic mass is 16.5. The van der Waals surface area contributed by atoms with E-state index in [-0.39, 0.29) is 18.1 Å². The Labute approximate surface area is 151 Å². The summed E-state index contributed by atoms with van der Waals surface area (Å²) >= 11 is 0. The highest BCUT2D eigenvalue weighted by Gasteiger charge is 2.34. The van der Waals surface area contributed by atoms with Crippen LogP contribution < -0.4 is 10.2 Å². The topological polar surface area (TPSA) is 98.1 Å². The second kappa shape index (κ2) is 6.99. The van der Waals surface area contributed by atoms with E-state index >= 15 is 0 Å². The van der Waals surface area contributed by atoms with Crippen molar-refractivity contribution in [2.75, 3.05) is 25.1 Å². The Kier molecular flexibility index (Phi) is 4.54. The van der Waals surface area contributed by atoms with Crippen molar-refractivity contribution in [3.05, 3.63) is 30.2 Å². The standard InChI is InChI=1S/C17H23N7O2/c1-23-16(21-15(22-23)11-3-4-11)17(25)19-8-12-7-13(26-2)9-24(12)14-5-6-18-10-20-14/h5-6,10-13H,3-4,7-9H2,1-2H3,(H,19,25)/t12-,13-/m1/s1. The number of rotatable bonds is 6. The monoisotopic (exact) mass is 357 g/mol. The van der Waals surface area contributed by atoms with Gasteiger partial charge in [0.05, 0.1) is 12.1 Å². The van der Waals surface area contributed by atoms with E-state index in [9.17, 15) is 4.79 Å². The van der Waals surface area contributed by atoms with Crippen LogP contribution in [0.3, 0.4) is 0 Å². The number of aryl methyl sites for hydroxylation is 1. The molecule has 138 valence electrons. The molecular weight excluding hydrogens is 334 g/mol. The van der Waals surface area contributed by atoms with Gasteiger partial charge in [0, 0.05) is 39.4 Å². The maximum Gasteiger partial charge on any atom is 0.288 e. The molecule has 1 aliphatic heterocycles. The number of carbonyl (C=O) groups excluding carboxylic acids is 1. The molecule has 1 N–H and O–H groups in total. The van der Waals surface area contributed by atoms with Gasteiger partial charge in [-0.05, 0) is 25.3 Å². The minimum absolute atomic E-state index is 0.106. The zero-order valence-electron chi connectivity index (χ0n) is 15.0. The normalized spacial score (nSPS) is 22.6. The number of hydrogen-bond donors (Lipinski definition) is 1. The second-order valence-electron chi connectivity index (χ2n) is 6.87. The van der Waals surface area contributed by atoms with E-state index in [0.717, 1.165) is 37.4 Å². The lowest BCUT2D eigenvalue weighted by Crippen LogP contribution is -2.41. The SMILES string of the molecule is CO[C@@H]1C[C@H](CNC(=O)c2nc(C3CC3)nn2C)N(c2ccncn2)C1. The van der Waals surface area contributed by atoms with E-state index in [1.165, 1.54) is 6.33 Å². The van der Waals surface area contributed by atoms with Gasteiger partial charge < -0.3 is 15.0 Å². The third-order valence-electron chi connectivity index (χ3n) is 4.99. The van der Waals surface area contributed by atoms with E-state index in [2.05, 4.69) is 30.3 Å². The Morgan fingerprint density at radius 1 is 1.42 bits per heavy atom. The summed E-state index contributed by atoms with van der Waals surface area (Å²) in [5.41, 5.74) is 0. The average Bonchev–Trinajstić information content (AvgIpc) is 3.32. The van der Waals surface area contributed by atoms with Crippen molar-refractivity contribution in [1.82, 2.24) is 30.0 Å². The largest absolute Gasteiger partial charge is 0.380 e. The predicted molar refractivity (Wildman–Crippen MR) is 93.9 cm³/mol. The first kappa shape index (κ1) is 16.9. The molecule has 1 saturated heterocycles. The van der Waals surface area contributed by atoms with Crippen molar-refractivity contribution < 1.29 is 9.53 Å². The van der Waals surface area contributed by atoms with Gasteiger partial charge in [-0.2, -0.15) is 5.10 Å². The summed E-state index contributed by atoms with van der Waals surface area (Å²) in [6, 6.07) is 1.98. The summed E-state index contributed by atoms with van der Waals surface area (Å²) in [5, 5.41) is 7.35. The molecule has 1 aliphatic carbocycles. The van der Waals surface area contributed by atoms with Crippen LogP contribution in [0.2, 0.25) is 0 Å². The lowest BCUT2D eigenvalue weighted by molar-refractivity contribution is 0.0932. The third kappa shape index (κ3) is 3.39. The van der Waals surface area contributed by atoms with Gasteiger partial charge in [-0.3, -0.25) is 4.79 Å². The Morgan fingerprint density at radius 3 is 2.96 bits per heavy atom. The Morgan fingerprint density at radius 2 is 2.27 bits per heavy atom. The fourth-order valence-electron chi connectivity index (χ4n) is 3.38.